The standard InChI is InChI=1S/C17H24N2O7/c20-14-11-15(21)18-13(14)12-26-17(23)4-3-16(22)25-8-2-1-5-19-6-9-24-10-7-19/h3-4,13H,1-2,5-12H2,(H,18,21)/b4-3+. The van der Waals surface area contributed by atoms with Crippen molar-refractivity contribution < 1.29 is 33.4 Å². The topological polar surface area (TPSA) is 111 Å². The Morgan fingerprint density at radius 1 is 1.12 bits per heavy atom. The minimum Gasteiger partial charge on any atom is -0.463 e. The third-order valence-corrected chi connectivity index (χ3v) is 4.02. The second-order valence-electron chi connectivity index (χ2n) is 6.06. The first-order chi connectivity index (χ1) is 12.5. The first kappa shape index (κ1) is 20.1. The Hall–Kier alpha value is -2.26. The van der Waals surface area contributed by atoms with Crippen molar-refractivity contribution in [3.63, 3.8) is 0 Å². The molecule has 1 amide bonds. The molecule has 0 bridgehead atoms. The smallest absolute Gasteiger partial charge is 0.331 e. The molecule has 9 nitrogen and oxygen atoms in total. The van der Waals surface area contributed by atoms with Crippen LogP contribution in [0.2, 0.25) is 0 Å². The largest absolute Gasteiger partial charge is 0.463 e. The second-order valence-corrected chi connectivity index (χ2v) is 6.06. The highest BCUT2D eigenvalue weighted by Gasteiger charge is 2.30. The Kier molecular flexibility index (Phi) is 8.23. The molecule has 1 N–H and O–H groups in total. The molecule has 0 spiro atoms. The SMILES string of the molecule is O=C1CC(=O)C(COC(=O)/C=C/C(=O)OCCCCN2CCOCC2)N1. The van der Waals surface area contributed by atoms with E-state index < -0.39 is 18.0 Å². The molecular weight excluding hydrogens is 344 g/mol. The minimum absolute atomic E-state index is 0.198. The molecule has 2 rings (SSSR count). The van der Waals surface area contributed by atoms with Gasteiger partial charge in [0.2, 0.25) is 5.91 Å². The maximum atomic E-state index is 11.5. The number of amides is 1. The van der Waals surface area contributed by atoms with Crippen LogP contribution in [0.3, 0.4) is 0 Å². The van der Waals surface area contributed by atoms with Gasteiger partial charge in [-0.1, -0.05) is 0 Å². The van der Waals surface area contributed by atoms with Crippen LogP contribution in [0.1, 0.15) is 19.3 Å². The summed E-state index contributed by atoms with van der Waals surface area (Å²) in [6.45, 7) is 4.37. The van der Waals surface area contributed by atoms with Crippen LogP contribution in [0.15, 0.2) is 12.2 Å². The van der Waals surface area contributed by atoms with Crippen molar-refractivity contribution in [1.29, 1.82) is 0 Å². The van der Waals surface area contributed by atoms with E-state index >= 15 is 0 Å². The fourth-order valence-corrected chi connectivity index (χ4v) is 2.57. The molecule has 2 saturated heterocycles. The van der Waals surface area contributed by atoms with Crippen LogP contribution in [0.4, 0.5) is 0 Å². The van der Waals surface area contributed by atoms with Crippen molar-refractivity contribution in [2.75, 3.05) is 46.1 Å². The van der Waals surface area contributed by atoms with E-state index in [4.69, 9.17) is 14.2 Å². The Morgan fingerprint density at radius 3 is 2.46 bits per heavy atom. The normalized spacial score (nSPS) is 21.0. The summed E-state index contributed by atoms with van der Waals surface area (Å²) in [6, 6.07) is -0.807. The molecular formula is C17H24N2O7. The van der Waals surface area contributed by atoms with E-state index in [1.54, 1.807) is 0 Å². The first-order valence-corrected chi connectivity index (χ1v) is 8.68. The summed E-state index contributed by atoms with van der Waals surface area (Å²) < 4.78 is 15.1. The lowest BCUT2D eigenvalue weighted by Crippen LogP contribution is -2.36. The van der Waals surface area contributed by atoms with Gasteiger partial charge in [0.25, 0.3) is 0 Å². The van der Waals surface area contributed by atoms with E-state index in [-0.39, 0.29) is 31.3 Å². The van der Waals surface area contributed by atoms with Crippen LogP contribution in [0.5, 0.6) is 0 Å². The van der Waals surface area contributed by atoms with Crippen LogP contribution in [0, 0.1) is 0 Å². The van der Waals surface area contributed by atoms with Gasteiger partial charge in [0.05, 0.1) is 26.2 Å². The van der Waals surface area contributed by atoms with Crippen molar-refractivity contribution in [3.8, 4) is 0 Å². The monoisotopic (exact) mass is 368 g/mol. The lowest BCUT2D eigenvalue weighted by atomic mass is 10.2. The number of rotatable bonds is 9. The fourth-order valence-electron chi connectivity index (χ4n) is 2.57. The van der Waals surface area contributed by atoms with E-state index in [1.807, 2.05) is 0 Å². The molecule has 2 heterocycles. The molecule has 0 saturated carbocycles. The van der Waals surface area contributed by atoms with E-state index in [9.17, 15) is 19.2 Å². The highest BCUT2D eigenvalue weighted by atomic mass is 16.5. The number of carbonyl (C=O) groups is 4. The highest BCUT2D eigenvalue weighted by molar-refractivity contribution is 6.07. The van der Waals surface area contributed by atoms with Gasteiger partial charge >= 0.3 is 11.9 Å². The molecule has 0 aromatic rings. The lowest BCUT2D eigenvalue weighted by Gasteiger charge is -2.26. The number of Topliss-reactive ketones (excluding diaryl/α,β-unsaturated/α-hetero) is 1. The maximum absolute atomic E-state index is 11.5. The number of unbranched alkanes of at least 4 members (excludes halogenated alkanes) is 1. The Bertz CT molecular complexity index is 555. The molecule has 0 radical (unpaired) electrons. The third kappa shape index (κ3) is 7.32. The predicted octanol–water partition coefficient (Wildman–Crippen LogP) is -0.801. The van der Waals surface area contributed by atoms with Crippen molar-refractivity contribution in [3.05, 3.63) is 12.2 Å². The molecule has 2 aliphatic heterocycles. The molecule has 0 aromatic heterocycles. The predicted molar refractivity (Wildman–Crippen MR) is 89.1 cm³/mol. The number of hydrogen-bond acceptors (Lipinski definition) is 8. The number of hydrogen-bond donors (Lipinski definition) is 1. The molecule has 2 aliphatic rings. The van der Waals surface area contributed by atoms with E-state index in [0.717, 1.165) is 57.8 Å². The van der Waals surface area contributed by atoms with Crippen LogP contribution < -0.4 is 5.32 Å². The highest BCUT2D eigenvalue weighted by Crippen LogP contribution is 2.03. The third-order valence-electron chi connectivity index (χ3n) is 4.02. The Labute approximate surface area is 151 Å². The Balaban J connectivity index is 1.51. The molecule has 144 valence electrons. The van der Waals surface area contributed by atoms with Gasteiger partial charge in [-0.25, -0.2) is 9.59 Å². The van der Waals surface area contributed by atoms with Gasteiger partial charge in [-0.15, -0.1) is 0 Å². The average molecular weight is 368 g/mol. The molecule has 0 aromatic carbocycles. The molecule has 1 unspecified atom stereocenters. The van der Waals surface area contributed by atoms with Gasteiger partial charge in [0, 0.05) is 25.2 Å². The number of nitrogens with one attached hydrogen (secondary N) is 1. The van der Waals surface area contributed by atoms with Gasteiger partial charge in [-0.3, -0.25) is 14.5 Å². The summed E-state index contributed by atoms with van der Waals surface area (Å²) in [6.07, 6.45) is 3.39. The van der Waals surface area contributed by atoms with Crippen LogP contribution in [-0.4, -0.2) is 80.6 Å². The molecule has 2 fully saturated rings. The number of carbonyl (C=O) groups excluding carboxylic acids is 4. The van der Waals surface area contributed by atoms with Crippen molar-refractivity contribution in [2.24, 2.45) is 0 Å². The average Bonchev–Trinajstić information content (AvgIpc) is 2.96. The van der Waals surface area contributed by atoms with Crippen LogP contribution >= 0.6 is 0 Å². The van der Waals surface area contributed by atoms with Crippen LogP contribution in [0.25, 0.3) is 0 Å². The molecule has 26 heavy (non-hydrogen) atoms. The van der Waals surface area contributed by atoms with Gasteiger partial charge in [0.1, 0.15) is 12.6 Å². The van der Waals surface area contributed by atoms with Crippen molar-refractivity contribution in [2.45, 2.75) is 25.3 Å². The molecule has 1 atom stereocenters. The van der Waals surface area contributed by atoms with E-state index in [2.05, 4.69) is 10.2 Å². The number of morpholine rings is 1. The van der Waals surface area contributed by atoms with Gasteiger partial charge < -0.3 is 19.5 Å². The van der Waals surface area contributed by atoms with Gasteiger partial charge in [0.15, 0.2) is 5.78 Å². The van der Waals surface area contributed by atoms with Gasteiger partial charge in [-0.05, 0) is 19.4 Å². The van der Waals surface area contributed by atoms with Crippen LogP contribution in [-0.2, 0) is 33.4 Å². The first-order valence-electron chi connectivity index (χ1n) is 8.68. The molecule has 9 heteroatoms. The minimum atomic E-state index is -0.807. The zero-order valence-corrected chi connectivity index (χ0v) is 14.6. The quantitative estimate of drug-likeness (QED) is 0.244. The Morgan fingerprint density at radius 2 is 1.81 bits per heavy atom. The summed E-state index contributed by atoms with van der Waals surface area (Å²) in [7, 11) is 0. The van der Waals surface area contributed by atoms with E-state index in [1.165, 1.54) is 0 Å². The summed E-state index contributed by atoms with van der Waals surface area (Å²) in [5.41, 5.74) is 0. The van der Waals surface area contributed by atoms with Crippen molar-refractivity contribution >= 4 is 23.6 Å². The number of esters is 2. The summed E-state index contributed by atoms with van der Waals surface area (Å²) in [4.78, 5) is 47.7. The van der Waals surface area contributed by atoms with Gasteiger partial charge in [-0.2, -0.15) is 0 Å². The zero-order chi connectivity index (χ0) is 18.8. The number of ether oxygens (including phenoxy) is 3. The maximum Gasteiger partial charge on any atom is 0.331 e. The second kappa shape index (κ2) is 10.7. The number of ketones is 1. The summed E-state index contributed by atoms with van der Waals surface area (Å²) in [5.74, 6) is -2.10. The number of nitrogens with zero attached hydrogens (tertiary/aromatic N) is 1. The van der Waals surface area contributed by atoms with E-state index in [0.29, 0.717) is 0 Å². The lowest BCUT2D eigenvalue weighted by molar-refractivity contribution is -0.141. The fraction of sp³-hybridized carbons (Fsp3) is 0.647. The van der Waals surface area contributed by atoms with Crippen molar-refractivity contribution in [1.82, 2.24) is 10.2 Å². The zero-order valence-electron chi connectivity index (χ0n) is 14.6. The summed E-state index contributed by atoms with van der Waals surface area (Å²) >= 11 is 0. The summed E-state index contributed by atoms with van der Waals surface area (Å²) in [5, 5.41) is 2.40. The molecule has 0 aliphatic carbocycles.